The Kier molecular flexibility index (Phi) is 4.75. The first-order chi connectivity index (χ1) is 14.4. The highest BCUT2D eigenvalue weighted by atomic mass is 19.1. The first-order valence-corrected chi connectivity index (χ1v) is 9.15. The quantitative estimate of drug-likeness (QED) is 0.536. The molecule has 4 amide bonds. The van der Waals surface area contributed by atoms with Gasteiger partial charge in [0.25, 0.3) is 11.8 Å². The fourth-order valence-electron chi connectivity index (χ4n) is 3.44. The van der Waals surface area contributed by atoms with Gasteiger partial charge in [0.1, 0.15) is 17.2 Å². The number of aromatic nitrogens is 2. The molecule has 0 atom stereocenters. The van der Waals surface area contributed by atoms with E-state index in [0.717, 1.165) is 17.5 Å². The van der Waals surface area contributed by atoms with Crippen LogP contribution in [0.4, 0.5) is 14.9 Å². The molecule has 0 spiro atoms. The van der Waals surface area contributed by atoms with Crippen LogP contribution in [0.3, 0.4) is 0 Å². The van der Waals surface area contributed by atoms with Crippen molar-refractivity contribution in [2.24, 2.45) is 0 Å². The fraction of sp³-hybridized carbons (Fsp3) is 0.0909. The summed E-state index contributed by atoms with van der Waals surface area (Å²) in [5.74, 6) is -1.78. The zero-order chi connectivity index (χ0) is 21.4. The Morgan fingerprint density at radius 3 is 2.47 bits per heavy atom. The second kappa shape index (κ2) is 7.40. The van der Waals surface area contributed by atoms with Gasteiger partial charge in [-0.2, -0.15) is 0 Å². The number of imide groups is 2. The Bertz CT molecular complexity index is 1210. The predicted octanol–water partition coefficient (Wildman–Crippen LogP) is 3.29. The number of aryl methyl sites for hydroxylation is 1. The minimum atomic E-state index is -0.994. The van der Waals surface area contributed by atoms with Crippen LogP contribution in [0.25, 0.3) is 11.9 Å². The molecule has 1 aromatic carbocycles. The van der Waals surface area contributed by atoms with Crippen LogP contribution in [0.1, 0.15) is 17.0 Å². The molecule has 1 aliphatic rings. The number of para-hydroxylation sites is 1. The fourth-order valence-corrected chi connectivity index (χ4v) is 3.44. The van der Waals surface area contributed by atoms with E-state index < -0.39 is 23.7 Å². The van der Waals surface area contributed by atoms with Gasteiger partial charge in [0.2, 0.25) is 0 Å². The Balaban J connectivity index is 1.78. The lowest BCUT2D eigenvalue weighted by molar-refractivity contribution is -0.122. The molecule has 4 rings (SSSR count). The Hall–Kier alpha value is -4.07. The average Bonchev–Trinajstić information content (AvgIpc) is 3.00. The second-order valence-electron chi connectivity index (χ2n) is 6.76. The van der Waals surface area contributed by atoms with Crippen LogP contribution in [0.2, 0.25) is 0 Å². The van der Waals surface area contributed by atoms with Crippen LogP contribution in [0, 0.1) is 19.7 Å². The van der Waals surface area contributed by atoms with Gasteiger partial charge >= 0.3 is 6.03 Å². The van der Waals surface area contributed by atoms with Gasteiger partial charge in [0, 0.05) is 17.6 Å². The summed E-state index contributed by atoms with van der Waals surface area (Å²) in [7, 11) is 0. The van der Waals surface area contributed by atoms with Gasteiger partial charge in [-0.1, -0.05) is 18.2 Å². The summed E-state index contributed by atoms with van der Waals surface area (Å²) in [5.41, 5.74) is 1.73. The number of pyridine rings is 1. The van der Waals surface area contributed by atoms with Crippen LogP contribution >= 0.6 is 0 Å². The summed E-state index contributed by atoms with van der Waals surface area (Å²) >= 11 is 0. The summed E-state index contributed by atoms with van der Waals surface area (Å²) in [6.45, 7) is 3.71. The molecule has 2 aromatic heterocycles. The molecule has 7 nitrogen and oxygen atoms in total. The number of halogens is 1. The van der Waals surface area contributed by atoms with Crippen molar-refractivity contribution in [2.75, 3.05) is 4.90 Å². The maximum absolute atomic E-state index is 14.2. The minimum absolute atomic E-state index is 0.225. The number of anilines is 1. The largest absolute Gasteiger partial charge is 0.336 e. The number of nitrogens with one attached hydrogen (secondary N) is 1. The number of nitrogens with zero attached hydrogens (tertiary/aromatic N) is 3. The summed E-state index contributed by atoms with van der Waals surface area (Å²) < 4.78 is 16.1. The predicted molar refractivity (Wildman–Crippen MR) is 108 cm³/mol. The Labute approximate surface area is 171 Å². The number of rotatable bonds is 3. The minimum Gasteiger partial charge on any atom is -0.303 e. The summed E-state index contributed by atoms with van der Waals surface area (Å²) in [6.07, 6.45) is 3.07. The normalized spacial score (nSPS) is 15.6. The number of amides is 4. The van der Waals surface area contributed by atoms with E-state index in [1.165, 1.54) is 24.3 Å². The van der Waals surface area contributed by atoms with Gasteiger partial charge in [-0.3, -0.25) is 14.9 Å². The number of hydrogen-bond acceptors (Lipinski definition) is 4. The molecule has 3 heterocycles. The summed E-state index contributed by atoms with van der Waals surface area (Å²) in [6, 6.07) is 11.7. The molecule has 0 bridgehead atoms. The third kappa shape index (κ3) is 3.18. The SMILES string of the molecule is Cc1cc(/C=C2\C(=O)NC(=O)N(c3ccccc3F)C2=O)c(C)n1-c1ccccn1. The van der Waals surface area contributed by atoms with Gasteiger partial charge in [0.15, 0.2) is 0 Å². The molecule has 0 aliphatic carbocycles. The molecular formula is C22H17FN4O3. The maximum Gasteiger partial charge on any atom is 0.336 e. The smallest absolute Gasteiger partial charge is 0.303 e. The summed E-state index contributed by atoms with van der Waals surface area (Å²) in [5, 5.41) is 2.10. The molecule has 150 valence electrons. The van der Waals surface area contributed by atoms with Crippen LogP contribution in [0.5, 0.6) is 0 Å². The van der Waals surface area contributed by atoms with Crippen molar-refractivity contribution in [1.82, 2.24) is 14.9 Å². The zero-order valence-electron chi connectivity index (χ0n) is 16.2. The lowest BCUT2D eigenvalue weighted by Gasteiger charge is -2.26. The van der Waals surface area contributed by atoms with Crippen molar-refractivity contribution in [3.05, 3.63) is 83.1 Å². The first-order valence-electron chi connectivity index (χ1n) is 9.15. The molecule has 1 N–H and O–H groups in total. The van der Waals surface area contributed by atoms with E-state index in [0.29, 0.717) is 16.3 Å². The van der Waals surface area contributed by atoms with Crippen LogP contribution in [0.15, 0.2) is 60.3 Å². The standard InChI is InChI=1S/C22H17FN4O3/c1-13-11-15(14(2)26(13)19-9-5-6-10-24-19)12-16-20(28)25-22(30)27(21(16)29)18-8-4-3-7-17(18)23/h3-12H,1-2H3,(H,25,28,30)/b16-12+. The number of barbiturate groups is 1. The van der Waals surface area contributed by atoms with E-state index in [4.69, 9.17) is 0 Å². The van der Waals surface area contributed by atoms with Crippen LogP contribution < -0.4 is 10.2 Å². The van der Waals surface area contributed by atoms with Crippen LogP contribution in [-0.2, 0) is 9.59 Å². The van der Waals surface area contributed by atoms with Crippen molar-refractivity contribution >= 4 is 29.6 Å². The number of carbonyl (C=O) groups excluding carboxylic acids is 3. The molecule has 1 saturated heterocycles. The Morgan fingerprint density at radius 1 is 1.03 bits per heavy atom. The third-order valence-corrected chi connectivity index (χ3v) is 4.84. The second-order valence-corrected chi connectivity index (χ2v) is 6.76. The number of carbonyl (C=O) groups is 3. The Morgan fingerprint density at radius 2 is 1.77 bits per heavy atom. The molecule has 0 saturated carbocycles. The van der Waals surface area contributed by atoms with Gasteiger partial charge in [0.05, 0.1) is 5.69 Å². The topological polar surface area (TPSA) is 84.3 Å². The monoisotopic (exact) mass is 404 g/mol. The number of hydrogen-bond donors (Lipinski definition) is 1. The number of urea groups is 1. The highest BCUT2D eigenvalue weighted by Crippen LogP contribution is 2.26. The molecule has 0 unspecified atom stereocenters. The zero-order valence-corrected chi connectivity index (χ0v) is 16.2. The van der Waals surface area contributed by atoms with E-state index in [-0.39, 0.29) is 11.3 Å². The first kappa shape index (κ1) is 19.3. The highest BCUT2D eigenvalue weighted by molar-refractivity contribution is 6.39. The van der Waals surface area contributed by atoms with E-state index in [1.54, 1.807) is 18.3 Å². The molecular weight excluding hydrogens is 387 g/mol. The van der Waals surface area contributed by atoms with Crippen molar-refractivity contribution < 1.29 is 18.8 Å². The highest BCUT2D eigenvalue weighted by Gasteiger charge is 2.38. The van der Waals surface area contributed by atoms with Gasteiger partial charge in [-0.15, -0.1) is 0 Å². The molecule has 8 heteroatoms. The molecule has 1 aliphatic heterocycles. The lowest BCUT2D eigenvalue weighted by atomic mass is 10.1. The van der Waals surface area contributed by atoms with Crippen LogP contribution in [-0.4, -0.2) is 27.4 Å². The third-order valence-electron chi connectivity index (χ3n) is 4.84. The number of benzene rings is 1. The van der Waals surface area contributed by atoms with Crippen molar-refractivity contribution in [3.63, 3.8) is 0 Å². The van der Waals surface area contributed by atoms with Crippen molar-refractivity contribution in [1.29, 1.82) is 0 Å². The average molecular weight is 404 g/mol. The van der Waals surface area contributed by atoms with Gasteiger partial charge < -0.3 is 4.57 Å². The van der Waals surface area contributed by atoms with Gasteiger partial charge in [-0.25, -0.2) is 19.1 Å². The molecule has 3 aromatic rings. The van der Waals surface area contributed by atoms with Crippen molar-refractivity contribution in [2.45, 2.75) is 13.8 Å². The lowest BCUT2D eigenvalue weighted by Crippen LogP contribution is -2.54. The van der Waals surface area contributed by atoms with E-state index in [9.17, 15) is 18.8 Å². The van der Waals surface area contributed by atoms with E-state index in [2.05, 4.69) is 10.3 Å². The molecule has 1 fully saturated rings. The van der Waals surface area contributed by atoms with Gasteiger partial charge in [-0.05, 0) is 55.8 Å². The van der Waals surface area contributed by atoms with E-state index >= 15 is 0 Å². The molecule has 0 radical (unpaired) electrons. The van der Waals surface area contributed by atoms with E-state index in [1.807, 2.05) is 30.5 Å². The summed E-state index contributed by atoms with van der Waals surface area (Å²) in [4.78, 5) is 42.6. The maximum atomic E-state index is 14.2. The molecule has 30 heavy (non-hydrogen) atoms. The van der Waals surface area contributed by atoms with Crippen molar-refractivity contribution in [3.8, 4) is 5.82 Å².